The topological polar surface area (TPSA) is 96.0 Å². The van der Waals surface area contributed by atoms with Crippen LogP contribution in [0.5, 0.6) is 5.75 Å². The smallest absolute Gasteiger partial charge is 0.264 e. The van der Waals surface area contributed by atoms with Crippen LogP contribution in [0.25, 0.3) is 0 Å². The lowest BCUT2D eigenvalue weighted by molar-refractivity contribution is -0.140. The van der Waals surface area contributed by atoms with E-state index in [0.717, 1.165) is 41.1 Å². The number of aryl methyl sites for hydroxylation is 1. The summed E-state index contributed by atoms with van der Waals surface area (Å²) in [7, 11) is -2.75. The third kappa shape index (κ3) is 8.37. The van der Waals surface area contributed by atoms with Crippen molar-refractivity contribution in [3.63, 3.8) is 0 Å². The predicted octanol–water partition coefficient (Wildman–Crippen LogP) is 6.04. The van der Waals surface area contributed by atoms with Crippen LogP contribution in [0.4, 0.5) is 10.1 Å². The largest absolute Gasteiger partial charge is 0.497 e. The Balaban J connectivity index is 1.57. The van der Waals surface area contributed by atoms with Crippen molar-refractivity contribution >= 4 is 27.5 Å². The summed E-state index contributed by atoms with van der Waals surface area (Å²) < 4.78 is 49.8. The number of carbonyl (C=O) groups is 2. The molecule has 0 unspecified atom stereocenters. The fraction of sp³-hybridized carbons (Fsp3) is 0.297. The summed E-state index contributed by atoms with van der Waals surface area (Å²) in [6.45, 7) is 0.992. The van der Waals surface area contributed by atoms with Crippen LogP contribution >= 0.6 is 0 Å². The van der Waals surface area contributed by atoms with Gasteiger partial charge in [-0.25, -0.2) is 12.8 Å². The molecule has 0 heterocycles. The maximum atomic E-state index is 15.1. The van der Waals surface area contributed by atoms with Crippen LogP contribution in [0.3, 0.4) is 0 Å². The van der Waals surface area contributed by atoms with E-state index in [1.807, 2.05) is 37.3 Å². The fourth-order valence-corrected chi connectivity index (χ4v) is 7.26. The monoisotopic (exact) mass is 657 g/mol. The number of methoxy groups -OCH3 is 1. The van der Waals surface area contributed by atoms with Crippen molar-refractivity contribution in [2.45, 2.75) is 62.6 Å². The number of benzene rings is 4. The summed E-state index contributed by atoms with van der Waals surface area (Å²) >= 11 is 0. The first kappa shape index (κ1) is 33.7. The summed E-state index contributed by atoms with van der Waals surface area (Å²) in [4.78, 5) is 29.9. The van der Waals surface area contributed by atoms with Crippen LogP contribution in [0.2, 0.25) is 0 Å². The molecule has 2 amide bonds. The normalized spacial score (nSPS) is 13.9. The number of sulfonamides is 1. The Kier molecular flexibility index (Phi) is 10.9. The Morgan fingerprint density at radius 3 is 2.17 bits per heavy atom. The molecule has 246 valence electrons. The van der Waals surface area contributed by atoms with E-state index in [9.17, 15) is 18.0 Å². The highest BCUT2D eigenvalue weighted by Crippen LogP contribution is 2.28. The second-order valence-electron chi connectivity index (χ2n) is 11.8. The van der Waals surface area contributed by atoms with Crippen molar-refractivity contribution in [2.75, 3.05) is 18.0 Å². The van der Waals surface area contributed by atoms with Gasteiger partial charge in [0, 0.05) is 24.6 Å². The minimum Gasteiger partial charge on any atom is -0.497 e. The Morgan fingerprint density at radius 1 is 0.894 bits per heavy atom. The molecule has 1 N–H and O–H groups in total. The van der Waals surface area contributed by atoms with Gasteiger partial charge >= 0.3 is 0 Å². The molecule has 0 spiro atoms. The highest BCUT2D eigenvalue weighted by atomic mass is 32.2. The maximum Gasteiger partial charge on any atom is 0.264 e. The standard InChI is InChI=1S/C37H40FN3O5S/c1-27-16-22-33(23-17-27)47(44,45)41(31-18-20-32(46-2)21-19-31)26-36(42)40(25-29-12-6-9-15-34(29)38)35(24-28-10-4-3-5-11-28)37(43)39-30-13-7-8-14-30/h3-6,9-12,15-23,30,35H,7-8,13-14,24-26H2,1-2H3,(H,39,43)/t35-/m0/s1. The molecule has 1 saturated carbocycles. The van der Waals surface area contributed by atoms with Gasteiger partial charge in [0.15, 0.2) is 0 Å². The molecule has 1 aliphatic rings. The molecule has 1 fully saturated rings. The number of halogens is 1. The molecule has 8 nitrogen and oxygen atoms in total. The molecule has 0 radical (unpaired) electrons. The zero-order valence-corrected chi connectivity index (χ0v) is 27.5. The summed E-state index contributed by atoms with van der Waals surface area (Å²) in [6, 6.07) is 27.0. The van der Waals surface area contributed by atoms with E-state index in [2.05, 4.69) is 5.32 Å². The Morgan fingerprint density at radius 2 is 1.53 bits per heavy atom. The molecule has 1 atom stereocenters. The number of anilines is 1. The number of rotatable bonds is 13. The lowest BCUT2D eigenvalue weighted by atomic mass is 10.0. The highest BCUT2D eigenvalue weighted by Gasteiger charge is 2.36. The van der Waals surface area contributed by atoms with Gasteiger partial charge < -0.3 is 15.0 Å². The SMILES string of the molecule is COc1ccc(N(CC(=O)N(Cc2ccccc2F)[C@@H](Cc2ccccc2)C(=O)NC2CCCC2)S(=O)(=O)c2ccc(C)cc2)cc1. The molecule has 0 aliphatic heterocycles. The van der Waals surface area contributed by atoms with Crippen molar-refractivity contribution < 1.29 is 27.1 Å². The molecular formula is C37H40FN3O5S. The third-order valence-corrected chi connectivity index (χ3v) is 10.3. The average Bonchev–Trinajstić information content (AvgIpc) is 3.59. The van der Waals surface area contributed by atoms with Gasteiger partial charge in [0.05, 0.1) is 17.7 Å². The van der Waals surface area contributed by atoms with Gasteiger partial charge in [-0.1, -0.05) is 79.1 Å². The first-order valence-electron chi connectivity index (χ1n) is 15.8. The van der Waals surface area contributed by atoms with Crippen molar-refractivity contribution in [3.8, 4) is 5.75 Å². The lowest BCUT2D eigenvalue weighted by Gasteiger charge is -2.34. The molecule has 47 heavy (non-hydrogen) atoms. The summed E-state index contributed by atoms with van der Waals surface area (Å²) in [6.07, 6.45) is 3.84. The molecule has 0 saturated heterocycles. The van der Waals surface area contributed by atoms with Gasteiger partial charge in [0.25, 0.3) is 10.0 Å². The van der Waals surface area contributed by atoms with Crippen LogP contribution < -0.4 is 14.4 Å². The predicted molar refractivity (Wildman–Crippen MR) is 180 cm³/mol. The fourth-order valence-electron chi connectivity index (χ4n) is 5.85. The van der Waals surface area contributed by atoms with Crippen molar-refractivity contribution in [1.29, 1.82) is 0 Å². The number of ether oxygens (including phenoxy) is 1. The zero-order valence-electron chi connectivity index (χ0n) is 26.6. The number of carbonyl (C=O) groups excluding carboxylic acids is 2. The van der Waals surface area contributed by atoms with E-state index < -0.39 is 34.3 Å². The molecule has 5 rings (SSSR count). The van der Waals surface area contributed by atoms with Crippen molar-refractivity contribution in [2.24, 2.45) is 0 Å². The number of nitrogens with one attached hydrogen (secondary N) is 1. The zero-order chi connectivity index (χ0) is 33.4. The second-order valence-corrected chi connectivity index (χ2v) is 13.7. The van der Waals surface area contributed by atoms with E-state index in [0.29, 0.717) is 5.75 Å². The van der Waals surface area contributed by atoms with Gasteiger partial charge in [0.2, 0.25) is 11.8 Å². The highest BCUT2D eigenvalue weighted by molar-refractivity contribution is 7.92. The first-order chi connectivity index (χ1) is 22.7. The van der Waals surface area contributed by atoms with E-state index in [1.54, 1.807) is 54.6 Å². The summed E-state index contributed by atoms with van der Waals surface area (Å²) in [5.74, 6) is -1.02. The van der Waals surface area contributed by atoms with Crippen molar-refractivity contribution in [1.82, 2.24) is 10.2 Å². The van der Waals surface area contributed by atoms with Crippen LogP contribution in [0, 0.1) is 12.7 Å². The molecule has 0 aromatic heterocycles. The molecule has 4 aromatic rings. The molecule has 10 heteroatoms. The Bertz CT molecular complexity index is 1760. The van der Waals surface area contributed by atoms with E-state index in [4.69, 9.17) is 4.74 Å². The minimum atomic E-state index is -4.25. The average molecular weight is 658 g/mol. The van der Waals surface area contributed by atoms with Gasteiger partial charge in [-0.05, 0) is 67.8 Å². The minimum absolute atomic E-state index is 0.00665. The summed E-state index contributed by atoms with van der Waals surface area (Å²) in [5.41, 5.74) is 2.14. The third-order valence-electron chi connectivity index (χ3n) is 8.52. The molecule has 0 bridgehead atoms. The first-order valence-corrected chi connectivity index (χ1v) is 17.2. The van der Waals surface area contributed by atoms with Crippen LogP contribution in [-0.2, 0) is 32.6 Å². The van der Waals surface area contributed by atoms with Crippen LogP contribution in [-0.4, -0.2) is 50.9 Å². The molecule has 1 aliphatic carbocycles. The molecule has 4 aromatic carbocycles. The Hall–Kier alpha value is -4.70. The Labute approximate surface area is 276 Å². The quantitative estimate of drug-likeness (QED) is 0.189. The van der Waals surface area contributed by atoms with E-state index in [1.165, 1.54) is 30.2 Å². The summed E-state index contributed by atoms with van der Waals surface area (Å²) in [5, 5.41) is 3.12. The van der Waals surface area contributed by atoms with Gasteiger partial charge in [-0.3, -0.25) is 13.9 Å². The van der Waals surface area contributed by atoms with Gasteiger partial charge in [-0.15, -0.1) is 0 Å². The lowest BCUT2D eigenvalue weighted by Crippen LogP contribution is -2.54. The maximum absolute atomic E-state index is 15.1. The van der Waals surface area contributed by atoms with Gasteiger partial charge in [0.1, 0.15) is 24.2 Å². The number of nitrogens with zero attached hydrogens (tertiary/aromatic N) is 2. The van der Waals surface area contributed by atoms with Crippen LogP contribution in [0.15, 0.2) is 108 Å². The number of amides is 2. The second kappa shape index (κ2) is 15.3. The van der Waals surface area contributed by atoms with E-state index in [-0.39, 0.29) is 41.1 Å². The number of hydrogen-bond acceptors (Lipinski definition) is 5. The van der Waals surface area contributed by atoms with Crippen molar-refractivity contribution in [3.05, 3.63) is 126 Å². The van der Waals surface area contributed by atoms with E-state index >= 15 is 4.39 Å². The van der Waals surface area contributed by atoms with Gasteiger partial charge in [-0.2, -0.15) is 0 Å². The molecular weight excluding hydrogens is 617 g/mol. The van der Waals surface area contributed by atoms with Crippen LogP contribution in [0.1, 0.15) is 42.4 Å². The number of hydrogen-bond donors (Lipinski definition) is 1.